The van der Waals surface area contributed by atoms with E-state index >= 15 is 0 Å². The van der Waals surface area contributed by atoms with E-state index in [4.69, 9.17) is 16.3 Å². The Labute approximate surface area is 128 Å². The summed E-state index contributed by atoms with van der Waals surface area (Å²) >= 11 is 6.02. The highest BCUT2D eigenvalue weighted by Gasteiger charge is 2.45. The molecule has 1 aliphatic carbocycles. The first kappa shape index (κ1) is 14.0. The molecule has 1 N–H and O–H groups in total. The van der Waals surface area contributed by atoms with E-state index in [9.17, 15) is 4.79 Å². The summed E-state index contributed by atoms with van der Waals surface area (Å²) in [7, 11) is 0. The molecule has 1 amide bonds. The van der Waals surface area contributed by atoms with Crippen molar-refractivity contribution in [2.24, 2.45) is 0 Å². The molecule has 3 nitrogen and oxygen atoms in total. The number of hydrogen-bond acceptors (Lipinski definition) is 2. The van der Waals surface area contributed by atoms with Gasteiger partial charge in [0.2, 0.25) is 0 Å². The highest BCUT2D eigenvalue weighted by atomic mass is 35.5. The number of carbonyl (C=O) groups is 1. The van der Waals surface area contributed by atoms with E-state index in [1.807, 2.05) is 54.6 Å². The van der Waals surface area contributed by atoms with Gasteiger partial charge in [0.25, 0.3) is 5.91 Å². The second-order valence-electron chi connectivity index (χ2n) is 5.24. The van der Waals surface area contributed by atoms with Gasteiger partial charge >= 0.3 is 0 Å². The lowest BCUT2D eigenvalue weighted by molar-refractivity contribution is -0.124. The predicted molar refractivity (Wildman–Crippen MR) is 82.4 cm³/mol. The third-order valence-electron chi connectivity index (χ3n) is 3.62. The van der Waals surface area contributed by atoms with Crippen molar-refractivity contribution in [3.8, 4) is 5.75 Å². The summed E-state index contributed by atoms with van der Waals surface area (Å²) in [4.78, 5) is 12.1. The van der Waals surface area contributed by atoms with Crippen LogP contribution in [0.3, 0.4) is 0 Å². The van der Waals surface area contributed by atoms with Gasteiger partial charge in [0.15, 0.2) is 6.61 Å². The number of carbonyl (C=O) groups excluding carboxylic acids is 1. The van der Waals surface area contributed by atoms with E-state index in [0.29, 0.717) is 10.8 Å². The molecule has 2 aromatic carbocycles. The summed E-state index contributed by atoms with van der Waals surface area (Å²) in [5, 5.41) is 3.75. The molecule has 3 rings (SSSR count). The third-order valence-corrected chi connectivity index (χ3v) is 3.85. The first-order valence-corrected chi connectivity index (χ1v) is 7.31. The molecule has 1 fully saturated rings. The van der Waals surface area contributed by atoms with Crippen molar-refractivity contribution in [3.05, 3.63) is 65.2 Å². The summed E-state index contributed by atoms with van der Waals surface area (Å²) in [6.45, 7) is 0.0202. The minimum Gasteiger partial charge on any atom is -0.484 e. The van der Waals surface area contributed by atoms with Gasteiger partial charge in [-0.1, -0.05) is 41.9 Å². The molecule has 0 aliphatic heterocycles. The van der Waals surface area contributed by atoms with Crippen molar-refractivity contribution in [1.29, 1.82) is 0 Å². The fourth-order valence-corrected chi connectivity index (χ4v) is 2.56. The standard InChI is InChI=1S/C17H16ClNO2/c18-14-6-4-5-13(11-14)17(9-10-17)19-16(20)12-21-15-7-2-1-3-8-15/h1-8,11H,9-10,12H2,(H,19,20). The number of nitrogens with one attached hydrogen (secondary N) is 1. The molecule has 0 aromatic heterocycles. The van der Waals surface area contributed by atoms with Gasteiger partial charge in [0.05, 0.1) is 5.54 Å². The van der Waals surface area contributed by atoms with Crippen LogP contribution in [0.25, 0.3) is 0 Å². The van der Waals surface area contributed by atoms with Gasteiger partial charge in [0, 0.05) is 5.02 Å². The number of ether oxygens (including phenoxy) is 1. The lowest BCUT2D eigenvalue weighted by atomic mass is 10.1. The van der Waals surface area contributed by atoms with Crippen LogP contribution in [0, 0.1) is 0 Å². The molecule has 0 heterocycles. The molecule has 0 spiro atoms. The Morgan fingerprint density at radius 3 is 2.57 bits per heavy atom. The van der Waals surface area contributed by atoms with Crippen molar-refractivity contribution in [2.45, 2.75) is 18.4 Å². The average Bonchev–Trinajstić information content (AvgIpc) is 3.27. The third kappa shape index (κ3) is 3.37. The highest BCUT2D eigenvalue weighted by molar-refractivity contribution is 6.30. The Bertz CT molecular complexity index is 638. The van der Waals surface area contributed by atoms with E-state index in [-0.39, 0.29) is 18.1 Å². The summed E-state index contributed by atoms with van der Waals surface area (Å²) in [6.07, 6.45) is 1.87. The van der Waals surface area contributed by atoms with Gasteiger partial charge < -0.3 is 10.1 Å². The maximum absolute atomic E-state index is 12.1. The molecule has 1 aliphatic rings. The van der Waals surface area contributed by atoms with Gasteiger partial charge in [-0.3, -0.25) is 4.79 Å². The molecule has 0 saturated heterocycles. The summed E-state index contributed by atoms with van der Waals surface area (Å²) in [5.41, 5.74) is 0.797. The minimum absolute atomic E-state index is 0.0202. The zero-order valence-electron chi connectivity index (χ0n) is 11.5. The Morgan fingerprint density at radius 2 is 1.90 bits per heavy atom. The van der Waals surface area contributed by atoms with Gasteiger partial charge in [-0.25, -0.2) is 0 Å². The normalized spacial score (nSPS) is 15.3. The van der Waals surface area contributed by atoms with Crippen LogP contribution in [-0.2, 0) is 10.3 Å². The summed E-state index contributed by atoms with van der Waals surface area (Å²) in [6, 6.07) is 17.0. The molecule has 0 unspecified atom stereocenters. The van der Waals surface area contributed by atoms with Crippen LogP contribution >= 0.6 is 11.6 Å². The maximum atomic E-state index is 12.1. The van der Waals surface area contributed by atoms with E-state index in [2.05, 4.69) is 5.32 Å². The zero-order valence-corrected chi connectivity index (χ0v) is 12.3. The molecule has 0 radical (unpaired) electrons. The van der Waals surface area contributed by atoms with E-state index in [0.717, 1.165) is 18.4 Å². The molecular formula is C17H16ClNO2. The zero-order chi connectivity index (χ0) is 14.7. The lowest BCUT2D eigenvalue weighted by Gasteiger charge is -2.18. The van der Waals surface area contributed by atoms with Crippen molar-refractivity contribution in [1.82, 2.24) is 5.32 Å². The number of halogens is 1. The van der Waals surface area contributed by atoms with Gasteiger partial charge in [0.1, 0.15) is 5.75 Å². The number of rotatable bonds is 5. The van der Waals surface area contributed by atoms with Crippen molar-refractivity contribution in [3.63, 3.8) is 0 Å². The predicted octanol–water partition coefficient (Wildman–Crippen LogP) is 3.52. The monoisotopic (exact) mass is 301 g/mol. The second kappa shape index (κ2) is 5.78. The fourth-order valence-electron chi connectivity index (χ4n) is 2.37. The first-order valence-electron chi connectivity index (χ1n) is 6.93. The SMILES string of the molecule is O=C(COc1ccccc1)NC1(c2cccc(Cl)c2)CC1. The molecular weight excluding hydrogens is 286 g/mol. The number of benzene rings is 2. The van der Waals surface area contributed by atoms with Crippen LogP contribution in [-0.4, -0.2) is 12.5 Å². The minimum atomic E-state index is -0.262. The van der Waals surface area contributed by atoms with Gasteiger partial charge in [-0.2, -0.15) is 0 Å². The number of hydrogen-bond donors (Lipinski definition) is 1. The van der Waals surface area contributed by atoms with Crippen molar-refractivity contribution in [2.75, 3.05) is 6.61 Å². The van der Waals surface area contributed by atoms with Crippen LogP contribution in [0.1, 0.15) is 18.4 Å². The summed E-state index contributed by atoms with van der Waals surface area (Å²) < 4.78 is 5.46. The number of amides is 1. The molecule has 4 heteroatoms. The number of para-hydroxylation sites is 1. The Kier molecular flexibility index (Phi) is 3.84. The van der Waals surface area contributed by atoms with Crippen molar-refractivity contribution >= 4 is 17.5 Å². The largest absolute Gasteiger partial charge is 0.484 e. The average molecular weight is 302 g/mol. The quantitative estimate of drug-likeness (QED) is 0.917. The van der Waals surface area contributed by atoms with Gasteiger partial charge in [-0.15, -0.1) is 0 Å². The molecule has 1 saturated carbocycles. The Hall–Kier alpha value is -2.00. The smallest absolute Gasteiger partial charge is 0.258 e. The van der Waals surface area contributed by atoms with Crippen molar-refractivity contribution < 1.29 is 9.53 Å². The van der Waals surface area contributed by atoms with Crippen LogP contribution in [0.15, 0.2) is 54.6 Å². The Morgan fingerprint density at radius 1 is 1.14 bits per heavy atom. The van der Waals surface area contributed by atoms with E-state index in [1.54, 1.807) is 0 Å². The molecule has 0 atom stereocenters. The van der Waals surface area contributed by atoms with Crippen LogP contribution in [0.5, 0.6) is 5.75 Å². The molecule has 0 bridgehead atoms. The van der Waals surface area contributed by atoms with Crippen LogP contribution < -0.4 is 10.1 Å². The first-order chi connectivity index (χ1) is 10.2. The van der Waals surface area contributed by atoms with Crippen LogP contribution in [0.2, 0.25) is 5.02 Å². The van der Waals surface area contributed by atoms with E-state index < -0.39 is 0 Å². The maximum Gasteiger partial charge on any atom is 0.258 e. The highest BCUT2D eigenvalue weighted by Crippen LogP contribution is 2.45. The molecule has 21 heavy (non-hydrogen) atoms. The molecule has 2 aromatic rings. The second-order valence-corrected chi connectivity index (χ2v) is 5.68. The summed E-state index contributed by atoms with van der Waals surface area (Å²) in [5.74, 6) is 0.580. The van der Waals surface area contributed by atoms with E-state index in [1.165, 1.54) is 0 Å². The topological polar surface area (TPSA) is 38.3 Å². The van der Waals surface area contributed by atoms with Gasteiger partial charge in [-0.05, 0) is 42.7 Å². The fraction of sp³-hybridized carbons (Fsp3) is 0.235. The van der Waals surface area contributed by atoms with Crippen LogP contribution in [0.4, 0.5) is 0 Å². The Balaban J connectivity index is 1.60. The molecule has 108 valence electrons. The lowest BCUT2D eigenvalue weighted by Crippen LogP contribution is -2.38.